The zero-order chi connectivity index (χ0) is 18.2. The van der Waals surface area contributed by atoms with Crippen LogP contribution in [0.3, 0.4) is 0 Å². The van der Waals surface area contributed by atoms with Gasteiger partial charge in [0, 0.05) is 35.5 Å². The number of hydrazone groups is 1. The Morgan fingerprint density at radius 1 is 1.08 bits per heavy atom. The molecular formula is C19H20N3O3-. The zero-order valence-corrected chi connectivity index (χ0v) is 14.2. The normalized spacial score (nSPS) is 10.6. The van der Waals surface area contributed by atoms with Crippen LogP contribution in [0.5, 0.6) is 0 Å². The predicted octanol–water partition coefficient (Wildman–Crippen LogP) is 1.66. The molecule has 2 rings (SSSR count). The van der Waals surface area contributed by atoms with E-state index in [0.29, 0.717) is 11.1 Å². The van der Waals surface area contributed by atoms with E-state index >= 15 is 0 Å². The Morgan fingerprint density at radius 3 is 2.32 bits per heavy atom. The van der Waals surface area contributed by atoms with Crippen LogP contribution in [0, 0.1) is 0 Å². The predicted molar refractivity (Wildman–Crippen MR) is 95.8 cm³/mol. The Hall–Kier alpha value is -3.15. The third kappa shape index (κ3) is 4.67. The smallest absolute Gasteiger partial charge is 0.271 e. The Bertz CT molecular complexity index is 766. The zero-order valence-electron chi connectivity index (χ0n) is 14.2. The van der Waals surface area contributed by atoms with Gasteiger partial charge in [-0.15, -0.1) is 0 Å². The lowest BCUT2D eigenvalue weighted by Crippen LogP contribution is -2.24. The molecule has 130 valence electrons. The number of carboxylic acids is 1. The van der Waals surface area contributed by atoms with Crippen molar-refractivity contribution in [3.05, 3.63) is 65.2 Å². The molecule has 0 bridgehead atoms. The van der Waals surface area contributed by atoms with Crippen molar-refractivity contribution in [3.8, 4) is 0 Å². The first-order valence-electron chi connectivity index (χ1n) is 8.05. The van der Waals surface area contributed by atoms with Crippen molar-refractivity contribution >= 4 is 23.8 Å². The minimum atomic E-state index is -1.29. The van der Waals surface area contributed by atoms with Gasteiger partial charge in [0.05, 0.1) is 12.2 Å². The molecule has 0 unspecified atom stereocenters. The molecule has 1 amide bonds. The monoisotopic (exact) mass is 338 g/mol. The quantitative estimate of drug-likeness (QED) is 0.615. The van der Waals surface area contributed by atoms with Crippen LogP contribution >= 0.6 is 0 Å². The van der Waals surface area contributed by atoms with Crippen LogP contribution in [-0.2, 0) is 0 Å². The first-order chi connectivity index (χ1) is 12.1. The van der Waals surface area contributed by atoms with Gasteiger partial charge in [0.25, 0.3) is 5.91 Å². The van der Waals surface area contributed by atoms with Crippen molar-refractivity contribution in [2.75, 3.05) is 18.0 Å². The van der Waals surface area contributed by atoms with E-state index in [0.717, 1.165) is 18.8 Å². The Morgan fingerprint density at radius 2 is 1.72 bits per heavy atom. The van der Waals surface area contributed by atoms with E-state index in [4.69, 9.17) is 0 Å². The highest BCUT2D eigenvalue weighted by molar-refractivity contribution is 5.98. The van der Waals surface area contributed by atoms with Crippen LogP contribution in [0.4, 0.5) is 5.69 Å². The van der Waals surface area contributed by atoms with E-state index in [2.05, 4.69) is 29.3 Å². The van der Waals surface area contributed by atoms with Crippen LogP contribution in [0.15, 0.2) is 53.6 Å². The maximum atomic E-state index is 12.1. The molecule has 0 aliphatic carbocycles. The summed E-state index contributed by atoms with van der Waals surface area (Å²) in [7, 11) is 0. The van der Waals surface area contributed by atoms with Gasteiger partial charge in [0.15, 0.2) is 0 Å². The highest BCUT2D eigenvalue weighted by atomic mass is 16.4. The van der Waals surface area contributed by atoms with Crippen LogP contribution in [-0.4, -0.2) is 31.2 Å². The molecule has 25 heavy (non-hydrogen) atoms. The van der Waals surface area contributed by atoms with E-state index in [1.54, 1.807) is 30.3 Å². The Balaban J connectivity index is 2.04. The van der Waals surface area contributed by atoms with Gasteiger partial charge in [-0.1, -0.05) is 24.3 Å². The minimum Gasteiger partial charge on any atom is -0.545 e. The fourth-order valence-corrected chi connectivity index (χ4v) is 2.43. The van der Waals surface area contributed by atoms with Gasteiger partial charge in [-0.2, -0.15) is 5.10 Å². The second kappa shape index (κ2) is 8.63. The SMILES string of the molecule is CCN(CC)c1ccc(C(=O)N/N=C\c2ccccc2C(=O)[O-])cc1. The molecule has 2 aromatic carbocycles. The second-order valence-corrected chi connectivity index (χ2v) is 5.29. The molecule has 0 atom stereocenters. The van der Waals surface area contributed by atoms with E-state index in [9.17, 15) is 14.7 Å². The third-order valence-electron chi connectivity index (χ3n) is 3.81. The Kier molecular flexibility index (Phi) is 6.28. The lowest BCUT2D eigenvalue weighted by Gasteiger charge is -2.20. The molecule has 2 aromatic rings. The number of hydrogen-bond donors (Lipinski definition) is 1. The molecule has 1 N–H and O–H groups in total. The molecule has 0 saturated heterocycles. The van der Waals surface area contributed by atoms with E-state index in [-0.39, 0.29) is 11.5 Å². The van der Waals surface area contributed by atoms with E-state index < -0.39 is 5.97 Å². The number of benzene rings is 2. The molecule has 6 nitrogen and oxygen atoms in total. The molecule has 0 heterocycles. The van der Waals surface area contributed by atoms with Gasteiger partial charge in [-0.3, -0.25) is 4.79 Å². The summed E-state index contributed by atoms with van der Waals surface area (Å²) in [6.07, 6.45) is 1.29. The van der Waals surface area contributed by atoms with Gasteiger partial charge in [0.2, 0.25) is 0 Å². The minimum absolute atomic E-state index is 0.0177. The van der Waals surface area contributed by atoms with Crippen LogP contribution < -0.4 is 15.4 Å². The van der Waals surface area contributed by atoms with Crippen LogP contribution in [0.25, 0.3) is 0 Å². The number of carboxylic acid groups (broad SMARTS) is 1. The van der Waals surface area contributed by atoms with Gasteiger partial charge >= 0.3 is 0 Å². The number of rotatable bonds is 7. The van der Waals surface area contributed by atoms with Crippen molar-refractivity contribution in [1.82, 2.24) is 5.43 Å². The number of hydrogen-bond acceptors (Lipinski definition) is 5. The number of aromatic carboxylic acids is 1. The number of nitrogens with one attached hydrogen (secondary N) is 1. The average molecular weight is 338 g/mol. The molecular weight excluding hydrogens is 318 g/mol. The van der Waals surface area contributed by atoms with Crippen molar-refractivity contribution in [1.29, 1.82) is 0 Å². The molecule has 0 fully saturated rings. The molecule has 0 aliphatic heterocycles. The highest BCUT2D eigenvalue weighted by Gasteiger charge is 2.06. The lowest BCUT2D eigenvalue weighted by atomic mass is 10.1. The standard InChI is InChI=1S/C19H21N3O3/c1-3-22(4-2)16-11-9-14(10-12-16)18(23)21-20-13-15-7-5-6-8-17(15)19(24)25/h5-13H,3-4H2,1-2H3,(H,21,23)(H,24,25)/p-1/b20-13-. The van der Waals surface area contributed by atoms with Gasteiger partial charge < -0.3 is 14.8 Å². The summed E-state index contributed by atoms with van der Waals surface area (Å²) in [4.78, 5) is 25.3. The van der Waals surface area contributed by atoms with Crippen molar-refractivity contribution in [2.24, 2.45) is 5.10 Å². The van der Waals surface area contributed by atoms with Crippen molar-refractivity contribution in [2.45, 2.75) is 13.8 Å². The van der Waals surface area contributed by atoms with Gasteiger partial charge in [0.1, 0.15) is 0 Å². The third-order valence-corrected chi connectivity index (χ3v) is 3.81. The summed E-state index contributed by atoms with van der Waals surface area (Å²) < 4.78 is 0. The summed E-state index contributed by atoms with van der Waals surface area (Å²) >= 11 is 0. The van der Waals surface area contributed by atoms with Crippen LogP contribution in [0.2, 0.25) is 0 Å². The molecule has 0 aromatic heterocycles. The summed E-state index contributed by atoms with van der Waals surface area (Å²) in [6.45, 7) is 5.93. The summed E-state index contributed by atoms with van der Waals surface area (Å²) in [5.41, 5.74) is 4.29. The van der Waals surface area contributed by atoms with E-state index in [1.807, 2.05) is 12.1 Å². The van der Waals surface area contributed by atoms with Gasteiger partial charge in [-0.25, -0.2) is 5.43 Å². The number of amides is 1. The fraction of sp³-hybridized carbons (Fsp3) is 0.211. The number of anilines is 1. The molecule has 6 heteroatoms. The van der Waals surface area contributed by atoms with E-state index in [1.165, 1.54) is 12.3 Å². The average Bonchev–Trinajstić information content (AvgIpc) is 2.63. The molecule has 0 aliphatic rings. The summed E-state index contributed by atoms with van der Waals surface area (Å²) in [5.74, 6) is -1.66. The van der Waals surface area contributed by atoms with Crippen LogP contribution in [0.1, 0.15) is 40.1 Å². The largest absolute Gasteiger partial charge is 0.545 e. The fourth-order valence-electron chi connectivity index (χ4n) is 2.43. The molecule has 0 spiro atoms. The first-order valence-corrected chi connectivity index (χ1v) is 8.05. The molecule has 0 saturated carbocycles. The number of carbonyl (C=O) groups is 2. The second-order valence-electron chi connectivity index (χ2n) is 5.29. The summed E-state index contributed by atoms with van der Waals surface area (Å²) in [5, 5.41) is 14.8. The first kappa shape index (κ1) is 18.2. The van der Waals surface area contributed by atoms with Crippen molar-refractivity contribution < 1.29 is 14.7 Å². The maximum absolute atomic E-state index is 12.1. The maximum Gasteiger partial charge on any atom is 0.271 e. The summed E-state index contributed by atoms with van der Waals surface area (Å²) in [6, 6.07) is 13.5. The highest BCUT2D eigenvalue weighted by Crippen LogP contribution is 2.14. The Labute approximate surface area is 146 Å². The van der Waals surface area contributed by atoms with Crippen molar-refractivity contribution in [3.63, 3.8) is 0 Å². The lowest BCUT2D eigenvalue weighted by molar-refractivity contribution is -0.255. The molecule has 0 radical (unpaired) electrons. The number of nitrogens with zero attached hydrogens (tertiary/aromatic N) is 2. The topological polar surface area (TPSA) is 84.8 Å². The van der Waals surface area contributed by atoms with Gasteiger partial charge in [-0.05, 0) is 38.1 Å². The number of carbonyl (C=O) groups excluding carboxylic acids is 2.